The molecule has 1 aromatic carbocycles. The number of anilines is 1. The number of aryl methyl sites for hydroxylation is 1. The molecular formula is C13H11FN4O2. The minimum absolute atomic E-state index is 0.0977. The monoisotopic (exact) mass is 274 g/mol. The molecule has 0 atom stereocenters. The van der Waals surface area contributed by atoms with E-state index in [4.69, 9.17) is 10.6 Å². The lowest BCUT2D eigenvalue weighted by molar-refractivity contribution is 0.202. The Morgan fingerprint density at radius 1 is 1.35 bits per heavy atom. The summed E-state index contributed by atoms with van der Waals surface area (Å²) in [5, 5.41) is 0. The zero-order valence-corrected chi connectivity index (χ0v) is 10.6. The minimum atomic E-state index is -0.648. The largest absolute Gasteiger partial charge is 0.399 e. The fraction of sp³-hybridized carbons (Fsp3) is 0.0769. The molecule has 0 radical (unpaired) electrons. The molecule has 7 heteroatoms. The fourth-order valence-electron chi connectivity index (χ4n) is 1.91. The molecule has 0 saturated heterocycles. The van der Waals surface area contributed by atoms with Crippen molar-refractivity contribution in [1.82, 2.24) is 14.3 Å². The maximum atomic E-state index is 13.7. The molecule has 0 bridgehead atoms. The van der Waals surface area contributed by atoms with Gasteiger partial charge in [-0.25, -0.2) is 14.2 Å². The number of pyridine rings is 1. The van der Waals surface area contributed by atoms with E-state index in [0.717, 1.165) is 10.8 Å². The topological polar surface area (TPSA) is 75.1 Å². The van der Waals surface area contributed by atoms with E-state index in [1.165, 1.54) is 22.9 Å². The number of halogens is 1. The molecule has 102 valence electrons. The molecule has 0 aliphatic heterocycles. The van der Waals surface area contributed by atoms with Crippen LogP contribution in [-0.2, 0) is 7.05 Å². The van der Waals surface area contributed by atoms with Crippen LogP contribution < -0.4 is 16.3 Å². The summed E-state index contributed by atoms with van der Waals surface area (Å²) >= 11 is 0. The highest BCUT2D eigenvalue weighted by Gasteiger charge is 2.14. The molecule has 2 N–H and O–H groups in total. The number of nitrogens with zero attached hydrogens (tertiary/aromatic N) is 3. The van der Waals surface area contributed by atoms with Crippen molar-refractivity contribution in [3.05, 3.63) is 52.8 Å². The second-order valence-corrected chi connectivity index (χ2v) is 4.26. The summed E-state index contributed by atoms with van der Waals surface area (Å²) in [4.78, 5) is 21.5. The third kappa shape index (κ3) is 1.80. The van der Waals surface area contributed by atoms with E-state index >= 15 is 0 Å². The van der Waals surface area contributed by atoms with Gasteiger partial charge in [0.1, 0.15) is 0 Å². The van der Waals surface area contributed by atoms with Gasteiger partial charge >= 0.3 is 5.69 Å². The van der Waals surface area contributed by atoms with Crippen molar-refractivity contribution in [2.45, 2.75) is 0 Å². The quantitative estimate of drug-likeness (QED) is 0.715. The van der Waals surface area contributed by atoms with Crippen LogP contribution in [-0.4, -0.2) is 14.3 Å². The number of fused-ring (bicyclic) bond motifs is 1. The first-order chi connectivity index (χ1) is 9.58. The Kier molecular flexibility index (Phi) is 2.67. The molecular weight excluding hydrogens is 263 g/mol. The van der Waals surface area contributed by atoms with Crippen LogP contribution in [0.1, 0.15) is 0 Å². The first-order valence-electron chi connectivity index (χ1n) is 5.84. The molecule has 0 saturated carbocycles. The van der Waals surface area contributed by atoms with E-state index in [1.807, 2.05) is 0 Å². The summed E-state index contributed by atoms with van der Waals surface area (Å²) in [5.74, 6) is -0.746. The first kappa shape index (κ1) is 12.2. The average Bonchev–Trinajstić information content (AvgIpc) is 2.67. The van der Waals surface area contributed by atoms with Gasteiger partial charge in [0.05, 0.1) is 5.52 Å². The number of benzene rings is 1. The molecule has 20 heavy (non-hydrogen) atoms. The first-order valence-corrected chi connectivity index (χ1v) is 5.84. The standard InChI is InChI=1S/C13H11FN4O2/c1-17-10-3-2-6-16-12(10)18(13(17)19)20-11-5-4-8(15)7-9(11)14/h2-7H,15H2,1H3. The fourth-order valence-corrected chi connectivity index (χ4v) is 1.91. The average molecular weight is 274 g/mol. The Bertz CT molecular complexity index is 853. The van der Waals surface area contributed by atoms with Crippen molar-refractivity contribution in [3.63, 3.8) is 0 Å². The van der Waals surface area contributed by atoms with Crippen molar-refractivity contribution in [3.8, 4) is 5.75 Å². The molecule has 6 nitrogen and oxygen atoms in total. The van der Waals surface area contributed by atoms with E-state index < -0.39 is 11.5 Å². The van der Waals surface area contributed by atoms with Gasteiger partial charge in [-0.3, -0.25) is 4.57 Å². The van der Waals surface area contributed by atoms with Crippen molar-refractivity contribution >= 4 is 16.9 Å². The molecule has 0 aliphatic carbocycles. The van der Waals surface area contributed by atoms with E-state index in [2.05, 4.69) is 4.98 Å². The summed E-state index contributed by atoms with van der Waals surface area (Å²) < 4.78 is 16.0. The van der Waals surface area contributed by atoms with Crippen LogP contribution in [0.25, 0.3) is 11.2 Å². The lowest BCUT2D eigenvalue weighted by Crippen LogP contribution is -2.26. The van der Waals surface area contributed by atoms with E-state index in [1.54, 1.807) is 19.2 Å². The van der Waals surface area contributed by atoms with Gasteiger partial charge in [0.15, 0.2) is 17.2 Å². The Labute approximate surface area is 112 Å². The molecule has 0 amide bonds. The van der Waals surface area contributed by atoms with Gasteiger partial charge in [0.2, 0.25) is 0 Å². The van der Waals surface area contributed by atoms with E-state index in [9.17, 15) is 9.18 Å². The van der Waals surface area contributed by atoms with Gasteiger partial charge in [-0.15, -0.1) is 4.73 Å². The number of hydrogen-bond donors (Lipinski definition) is 1. The number of hydrogen-bond acceptors (Lipinski definition) is 4. The molecule has 0 aliphatic rings. The van der Waals surface area contributed by atoms with Gasteiger partial charge in [-0.2, -0.15) is 0 Å². The van der Waals surface area contributed by atoms with Crippen molar-refractivity contribution in [1.29, 1.82) is 0 Å². The summed E-state index contributed by atoms with van der Waals surface area (Å²) in [6.45, 7) is 0. The van der Waals surface area contributed by atoms with Crippen molar-refractivity contribution < 1.29 is 9.23 Å². The number of imidazole rings is 1. The molecule has 3 rings (SSSR count). The number of nitrogen functional groups attached to an aromatic ring is 1. The van der Waals surface area contributed by atoms with Crippen molar-refractivity contribution in [2.75, 3.05) is 5.73 Å². The Morgan fingerprint density at radius 3 is 2.90 bits per heavy atom. The molecule has 0 fully saturated rings. The van der Waals surface area contributed by atoms with Crippen LogP contribution in [0.4, 0.5) is 10.1 Å². The van der Waals surface area contributed by atoms with Crippen LogP contribution in [0.5, 0.6) is 5.75 Å². The predicted molar refractivity (Wildman–Crippen MR) is 71.8 cm³/mol. The lowest BCUT2D eigenvalue weighted by Gasteiger charge is -2.06. The smallest absolute Gasteiger partial charge is 0.363 e. The van der Waals surface area contributed by atoms with Gasteiger partial charge in [-0.1, -0.05) is 0 Å². The van der Waals surface area contributed by atoms with Crippen LogP contribution in [0, 0.1) is 5.82 Å². The third-order valence-electron chi connectivity index (χ3n) is 2.93. The lowest BCUT2D eigenvalue weighted by atomic mass is 10.3. The zero-order valence-electron chi connectivity index (χ0n) is 10.6. The van der Waals surface area contributed by atoms with Crippen LogP contribution in [0.2, 0.25) is 0 Å². The molecule has 2 aromatic heterocycles. The summed E-state index contributed by atoms with van der Waals surface area (Å²) in [7, 11) is 1.59. The Morgan fingerprint density at radius 2 is 2.15 bits per heavy atom. The number of rotatable bonds is 2. The predicted octanol–water partition coefficient (Wildman–Crippen LogP) is 1.30. The van der Waals surface area contributed by atoms with Crippen LogP contribution in [0.3, 0.4) is 0 Å². The highest BCUT2D eigenvalue weighted by atomic mass is 19.1. The minimum Gasteiger partial charge on any atom is -0.399 e. The second-order valence-electron chi connectivity index (χ2n) is 4.26. The molecule has 2 heterocycles. The van der Waals surface area contributed by atoms with Gasteiger partial charge < -0.3 is 10.6 Å². The molecule has 3 aromatic rings. The van der Waals surface area contributed by atoms with E-state index in [0.29, 0.717) is 11.2 Å². The van der Waals surface area contributed by atoms with Gasteiger partial charge in [-0.05, 0) is 24.3 Å². The zero-order chi connectivity index (χ0) is 14.3. The summed E-state index contributed by atoms with van der Waals surface area (Å²) in [6, 6.07) is 7.40. The molecule has 0 spiro atoms. The normalized spacial score (nSPS) is 10.9. The van der Waals surface area contributed by atoms with Gasteiger partial charge in [0.25, 0.3) is 0 Å². The highest BCUT2D eigenvalue weighted by Crippen LogP contribution is 2.20. The maximum absolute atomic E-state index is 13.7. The second kappa shape index (κ2) is 4.37. The molecule has 0 unspecified atom stereocenters. The Hall–Kier alpha value is -2.83. The van der Waals surface area contributed by atoms with Crippen molar-refractivity contribution in [2.24, 2.45) is 7.05 Å². The maximum Gasteiger partial charge on any atom is 0.363 e. The van der Waals surface area contributed by atoms with Gasteiger partial charge in [0, 0.05) is 25.0 Å². The SMILES string of the molecule is Cn1c(=O)n(Oc2ccc(N)cc2F)c2ncccc21. The highest BCUT2D eigenvalue weighted by molar-refractivity contribution is 5.70. The number of nitrogens with two attached hydrogens (primary N) is 1. The summed E-state index contributed by atoms with van der Waals surface area (Å²) in [5.41, 5.74) is 6.20. The summed E-state index contributed by atoms with van der Waals surface area (Å²) in [6.07, 6.45) is 1.53. The van der Waals surface area contributed by atoms with E-state index in [-0.39, 0.29) is 11.4 Å². The third-order valence-corrected chi connectivity index (χ3v) is 2.93. The number of aromatic nitrogens is 3. The van der Waals surface area contributed by atoms with Crippen LogP contribution in [0.15, 0.2) is 41.3 Å². The van der Waals surface area contributed by atoms with Crippen LogP contribution >= 0.6 is 0 Å². The Balaban J connectivity index is 2.16.